The summed E-state index contributed by atoms with van der Waals surface area (Å²) in [7, 11) is 1.98. The molecule has 3 aromatic heterocycles. The lowest BCUT2D eigenvalue weighted by Crippen LogP contribution is -2.52. The van der Waals surface area contributed by atoms with Crippen molar-refractivity contribution >= 4 is 29.2 Å². The van der Waals surface area contributed by atoms with Crippen LogP contribution in [-0.4, -0.2) is 89.6 Å². The van der Waals surface area contributed by atoms with Crippen LogP contribution in [0.5, 0.6) is 0 Å². The Balaban J connectivity index is 0.000000331. The predicted molar refractivity (Wildman–Crippen MR) is 147 cm³/mol. The molecule has 2 aliphatic heterocycles. The zero-order valence-electron chi connectivity index (χ0n) is 24.0. The van der Waals surface area contributed by atoms with E-state index in [1.54, 1.807) is 17.5 Å². The van der Waals surface area contributed by atoms with Crippen molar-refractivity contribution in [2.24, 2.45) is 12.5 Å². The molecule has 18 heteroatoms. The number of carboxylic acids is 2. The Kier molecular flexibility index (Phi) is 11.3. The highest BCUT2D eigenvalue weighted by molar-refractivity contribution is 7.09. The molecule has 2 saturated heterocycles. The van der Waals surface area contributed by atoms with E-state index in [-0.39, 0.29) is 11.8 Å². The van der Waals surface area contributed by atoms with E-state index >= 15 is 0 Å². The average Bonchev–Trinajstić information content (AvgIpc) is 3.65. The molecule has 0 aromatic carbocycles. The fourth-order valence-electron chi connectivity index (χ4n) is 5.39. The molecule has 2 atom stereocenters. The van der Waals surface area contributed by atoms with Gasteiger partial charge in [0.25, 0.3) is 0 Å². The summed E-state index contributed by atoms with van der Waals surface area (Å²) in [6, 6.07) is 6.16. The zero-order valence-corrected chi connectivity index (χ0v) is 24.9. The number of carboxylic acid groups (broad SMARTS) is 2. The molecule has 5 rings (SSSR count). The first kappa shape index (κ1) is 35.4. The first-order valence-corrected chi connectivity index (χ1v) is 14.2. The van der Waals surface area contributed by atoms with E-state index in [0.717, 1.165) is 55.4 Å². The minimum Gasteiger partial charge on any atom is -0.475 e. The number of alkyl halides is 6. The summed E-state index contributed by atoms with van der Waals surface area (Å²) >= 11 is 1.65. The highest BCUT2D eigenvalue weighted by atomic mass is 32.1. The Morgan fingerprint density at radius 2 is 1.71 bits per heavy atom. The van der Waals surface area contributed by atoms with Crippen molar-refractivity contribution in [1.29, 1.82) is 0 Å². The predicted octanol–water partition coefficient (Wildman–Crippen LogP) is 4.26. The number of thiazole rings is 1. The molecule has 45 heavy (non-hydrogen) atoms. The molecule has 1 amide bonds. The lowest BCUT2D eigenvalue weighted by molar-refractivity contribution is -0.193. The third-order valence-electron chi connectivity index (χ3n) is 7.23. The van der Waals surface area contributed by atoms with Gasteiger partial charge in [-0.25, -0.2) is 14.6 Å². The van der Waals surface area contributed by atoms with E-state index in [9.17, 15) is 31.1 Å². The van der Waals surface area contributed by atoms with Crippen LogP contribution < -0.4 is 0 Å². The number of halogens is 6. The van der Waals surface area contributed by atoms with Gasteiger partial charge in [-0.2, -0.15) is 31.4 Å². The van der Waals surface area contributed by atoms with Gasteiger partial charge in [-0.05, 0) is 37.5 Å². The van der Waals surface area contributed by atoms with Crippen LogP contribution in [0.25, 0.3) is 0 Å². The van der Waals surface area contributed by atoms with Gasteiger partial charge in [-0.3, -0.25) is 19.4 Å². The maximum absolute atomic E-state index is 14.0. The fraction of sp³-hybridized carbons (Fsp3) is 0.481. The second-order valence-corrected chi connectivity index (χ2v) is 11.5. The number of piperidine rings is 1. The summed E-state index contributed by atoms with van der Waals surface area (Å²) in [5.74, 6) is -5.12. The van der Waals surface area contributed by atoms with Crippen LogP contribution in [0.15, 0.2) is 42.2 Å². The van der Waals surface area contributed by atoms with Crippen molar-refractivity contribution in [3.05, 3.63) is 64.1 Å². The molecule has 2 fully saturated rings. The highest BCUT2D eigenvalue weighted by Crippen LogP contribution is 2.49. The molecule has 5 heterocycles. The van der Waals surface area contributed by atoms with E-state index in [0.29, 0.717) is 6.54 Å². The van der Waals surface area contributed by atoms with Crippen LogP contribution in [0.4, 0.5) is 26.3 Å². The summed E-state index contributed by atoms with van der Waals surface area (Å²) in [6.07, 6.45) is -2.67. The number of amides is 1. The lowest BCUT2D eigenvalue weighted by Gasteiger charge is -2.42. The summed E-state index contributed by atoms with van der Waals surface area (Å²) in [5.41, 5.74) is 2.91. The molecule has 246 valence electrons. The number of aromatic nitrogens is 4. The average molecular weight is 665 g/mol. The first-order chi connectivity index (χ1) is 20.9. The Bertz CT molecular complexity index is 1440. The normalized spacial score (nSPS) is 20.3. The van der Waals surface area contributed by atoms with E-state index < -0.39 is 29.7 Å². The fourth-order valence-corrected chi connectivity index (χ4v) is 5.99. The number of pyridine rings is 1. The zero-order chi connectivity index (χ0) is 33.6. The number of nitrogens with zero attached hydrogens (tertiary/aromatic N) is 6. The third kappa shape index (κ3) is 9.23. The molecule has 3 aromatic rings. The van der Waals surface area contributed by atoms with Crippen LogP contribution in [0.3, 0.4) is 0 Å². The molecule has 2 aliphatic rings. The van der Waals surface area contributed by atoms with Gasteiger partial charge in [-0.1, -0.05) is 6.07 Å². The Morgan fingerprint density at radius 3 is 2.20 bits per heavy atom. The number of aryl methyl sites for hydroxylation is 2. The lowest BCUT2D eigenvalue weighted by atomic mass is 9.70. The first-order valence-electron chi connectivity index (χ1n) is 13.3. The number of hydrogen-bond acceptors (Lipinski definition) is 8. The summed E-state index contributed by atoms with van der Waals surface area (Å²) in [4.78, 5) is 45.1. The molecular weight excluding hydrogens is 634 g/mol. The van der Waals surface area contributed by atoms with Gasteiger partial charge in [-0.15, -0.1) is 11.3 Å². The number of aliphatic carboxylic acids is 2. The minimum atomic E-state index is -5.08. The van der Waals surface area contributed by atoms with Crippen LogP contribution in [0, 0.1) is 12.3 Å². The van der Waals surface area contributed by atoms with Crippen LogP contribution >= 0.6 is 11.3 Å². The van der Waals surface area contributed by atoms with E-state index in [4.69, 9.17) is 19.8 Å². The van der Waals surface area contributed by atoms with Crippen LogP contribution in [-0.2, 0) is 34.5 Å². The van der Waals surface area contributed by atoms with Gasteiger partial charge in [0, 0.05) is 68.8 Å². The molecule has 0 saturated carbocycles. The Morgan fingerprint density at radius 1 is 1.07 bits per heavy atom. The molecule has 2 N–H and O–H groups in total. The SMILES string of the molecule is Cc1nc(CN2CCC[C@]3(CN(Cc4cccnc4)C[C@H]3c3ccnn3C)C2=O)cs1.O=C(O)C(F)(F)F.O=C(O)C(F)(F)F. The van der Waals surface area contributed by atoms with Gasteiger partial charge < -0.3 is 15.1 Å². The quantitative estimate of drug-likeness (QED) is 0.383. The summed E-state index contributed by atoms with van der Waals surface area (Å²) < 4.78 is 65.4. The van der Waals surface area contributed by atoms with Gasteiger partial charge in [0.2, 0.25) is 5.91 Å². The van der Waals surface area contributed by atoms with Crippen LogP contribution in [0.2, 0.25) is 0 Å². The molecule has 1 spiro atoms. The molecule has 0 radical (unpaired) electrons. The number of carbonyl (C=O) groups excluding carboxylic acids is 1. The monoisotopic (exact) mass is 664 g/mol. The minimum absolute atomic E-state index is 0.129. The second-order valence-electron chi connectivity index (χ2n) is 10.4. The maximum atomic E-state index is 14.0. The summed E-state index contributed by atoms with van der Waals surface area (Å²) in [5, 5.41) is 21.8. The smallest absolute Gasteiger partial charge is 0.475 e. The maximum Gasteiger partial charge on any atom is 0.490 e. The van der Waals surface area contributed by atoms with Crippen molar-refractivity contribution in [2.75, 3.05) is 19.6 Å². The third-order valence-corrected chi connectivity index (χ3v) is 8.05. The molecule has 11 nitrogen and oxygen atoms in total. The second kappa shape index (κ2) is 14.4. The highest BCUT2D eigenvalue weighted by Gasteiger charge is 2.55. The summed E-state index contributed by atoms with van der Waals surface area (Å²) in [6.45, 7) is 5.85. The molecule has 0 aliphatic carbocycles. The standard InChI is InChI=1S/C23H28N6OS.2C2HF3O2/c1-17-26-19(15-31-17)13-29-10-4-7-23(22(29)30)16-28(12-18-5-3-8-24-11-18)14-20(23)21-6-9-25-27(21)2;2*3-2(4,5)1(6)7/h3,5-6,8-9,11,15,20H,4,7,10,12-14,16H2,1-2H3;2*(H,6,7)/t20-,23+;;/m0../s1. The Hall–Kier alpha value is -4.06. The van der Waals surface area contributed by atoms with E-state index in [2.05, 4.69) is 37.5 Å². The van der Waals surface area contributed by atoms with Gasteiger partial charge >= 0.3 is 24.3 Å². The molecule has 0 bridgehead atoms. The van der Waals surface area contributed by atoms with Crippen molar-refractivity contribution in [3.8, 4) is 0 Å². The van der Waals surface area contributed by atoms with Gasteiger partial charge in [0.1, 0.15) is 0 Å². The van der Waals surface area contributed by atoms with Crippen LogP contribution in [0.1, 0.15) is 40.7 Å². The molecule has 0 unspecified atom stereocenters. The molecular formula is C27H30F6N6O5S. The van der Waals surface area contributed by atoms with Gasteiger partial charge in [0.05, 0.1) is 22.7 Å². The van der Waals surface area contributed by atoms with Crippen molar-refractivity contribution in [1.82, 2.24) is 29.5 Å². The van der Waals surface area contributed by atoms with Crippen molar-refractivity contribution < 1.29 is 50.9 Å². The number of carbonyl (C=O) groups is 3. The van der Waals surface area contributed by atoms with E-state index in [1.807, 2.05) is 42.0 Å². The Labute approximate surface area is 257 Å². The number of likely N-dealkylation sites (tertiary alicyclic amines) is 2. The topological polar surface area (TPSA) is 142 Å². The van der Waals surface area contributed by atoms with Crippen molar-refractivity contribution in [3.63, 3.8) is 0 Å². The van der Waals surface area contributed by atoms with Crippen molar-refractivity contribution in [2.45, 2.75) is 51.1 Å². The van der Waals surface area contributed by atoms with Gasteiger partial charge in [0.15, 0.2) is 0 Å². The number of rotatable bonds is 5. The number of hydrogen-bond donors (Lipinski definition) is 2. The van der Waals surface area contributed by atoms with E-state index in [1.165, 1.54) is 5.56 Å². The largest absolute Gasteiger partial charge is 0.490 e.